The van der Waals surface area contributed by atoms with Gasteiger partial charge in [0.15, 0.2) is 0 Å². The topological polar surface area (TPSA) is 64.7 Å². The zero-order chi connectivity index (χ0) is 8.97. The number of nitrogens with two attached hydrogens (primary N) is 1. The predicted octanol–water partition coefficient (Wildman–Crippen LogP) is -0.500. The van der Waals surface area contributed by atoms with Crippen molar-refractivity contribution in [1.82, 2.24) is 0 Å². The van der Waals surface area contributed by atoms with Crippen LogP contribution in [-0.4, -0.2) is 43.7 Å². The lowest BCUT2D eigenvalue weighted by Crippen LogP contribution is -2.43. The Hall–Kier alpha value is -0.160. The summed E-state index contributed by atoms with van der Waals surface area (Å²) in [7, 11) is 1.60. The minimum atomic E-state index is -0.396. The van der Waals surface area contributed by atoms with Crippen LogP contribution in [0, 0.1) is 0 Å². The molecule has 72 valence electrons. The van der Waals surface area contributed by atoms with Gasteiger partial charge in [-0.15, -0.1) is 0 Å². The molecule has 0 aromatic rings. The van der Waals surface area contributed by atoms with E-state index in [0.717, 1.165) is 12.8 Å². The van der Waals surface area contributed by atoms with Crippen LogP contribution in [0.3, 0.4) is 0 Å². The number of rotatable bonds is 3. The van der Waals surface area contributed by atoms with Gasteiger partial charge in [-0.05, 0) is 12.8 Å². The molecule has 0 aliphatic carbocycles. The van der Waals surface area contributed by atoms with Crippen molar-refractivity contribution in [3.05, 3.63) is 0 Å². The first kappa shape index (κ1) is 9.92. The molecule has 1 rings (SSSR count). The lowest BCUT2D eigenvalue weighted by molar-refractivity contribution is -0.135. The second-order valence-corrected chi connectivity index (χ2v) is 3.13. The van der Waals surface area contributed by atoms with Crippen molar-refractivity contribution in [2.45, 2.75) is 31.2 Å². The van der Waals surface area contributed by atoms with Gasteiger partial charge < -0.3 is 20.3 Å². The Kier molecular flexibility index (Phi) is 3.94. The third-order valence-corrected chi connectivity index (χ3v) is 2.17. The summed E-state index contributed by atoms with van der Waals surface area (Å²) < 4.78 is 10.4. The quantitative estimate of drug-likeness (QED) is 0.607. The fraction of sp³-hybridized carbons (Fsp3) is 1.00. The molecular formula is C8H17NO3. The first-order valence-corrected chi connectivity index (χ1v) is 4.30. The molecule has 1 heterocycles. The fourth-order valence-corrected chi connectivity index (χ4v) is 1.44. The smallest absolute Gasteiger partial charge is 0.107 e. The molecule has 3 N–H and O–H groups in total. The molecule has 0 saturated carbocycles. The number of ether oxygens (including phenoxy) is 2. The third-order valence-electron chi connectivity index (χ3n) is 2.17. The van der Waals surface area contributed by atoms with Gasteiger partial charge in [0, 0.05) is 13.7 Å². The summed E-state index contributed by atoms with van der Waals surface area (Å²) in [5.41, 5.74) is 5.46. The van der Waals surface area contributed by atoms with E-state index < -0.39 is 6.10 Å². The zero-order valence-corrected chi connectivity index (χ0v) is 7.40. The molecule has 0 aromatic carbocycles. The average molecular weight is 175 g/mol. The molecule has 1 saturated heterocycles. The van der Waals surface area contributed by atoms with E-state index in [0.29, 0.717) is 13.2 Å². The van der Waals surface area contributed by atoms with Crippen molar-refractivity contribution in [2.75, 3.05) is 20.3 Å². The molecule has 0 spiro atoms. The molecule has 0 radical (unpaired) electrons. The van der Waals surface area contributed by atoms with E-state index in [1.54, 1.807) is 7.11 Å². The van der Waals surface area contributed by atoms with Gasteiger partial charge in [0.2, 0.25) is 0 Å². The second-order valence-electron chi connectivity index (χ2n) is 3.13. The van der Waals surface area contributed by atoms with Crippen LogP contribution < -0.4 is 5.73 Å². The van der Waals surface area contributed by atoms with E-state index >= 15 is 0 Å². The first-order chi connectivity index (χ1) is 5.77. The molecule has 0 bridgehead atoms. The van der Waals surface area contributed by atoms with Crippen molar-refractivity contribution < 1.29 is 14.6 Å². The second kappa shape index (κ2) is 4.77. The highest BCUT2D eigenvalue weighted by Crippen LogP contribution is 2.18. The first-order valence-electron chi connectivity index (χ1n) is 4.30. The van der Waals surface area contributed by atoms with Gasteiger partial charge in [0.25, 0.3) is 0 Å². The Balaban J connectivity index is 2.36. The molecule has 4 heteroatoms. The van der Waals surface area contributed by atoms with Crippen LogP contribution in [0.25, 0.3) is 0 Å². The molecule has 1 aliphatic heterocycles. The molecule has 0 unspecified atom stereocenters. The van der Waals surface area contributed by atoms with Crippen molar-refractivity contribution in [3.8, 4) is 0 Å². The molecule has 1 fully saturated rings. The highest BCUT2D eigenvalue weighted by Gasteiger charge is 2.28. The number of hydrogen-bond acceptors (Lipinski definition) is 4. The number of methoxy groups -OCH3 is 1. The summed E-state index contributed by atoms with van der Waals surface area (Å²) in [5.74, 6) is 0. The lowest BCUT2D eigenvalue weighted by atomic mass is 10.0. The molecule has 0 amide bonds. The van der Waals surface area contributed by atoms with Crippen LogP contribution in [0.2, 0.25) is 0 Å². The minimum Gasteiger partial charge on any atom is -0.390 e. The number of hydrogen-bond donors (Lipinski definition) is 2. The molecule has 0 aromatic heterocycles. The Bertz CT molecular complexity index is 131. The summed E-state index contributed by atoms with van der Waals surface area (Å²) in [5, 5.41) is 9.47. The van der Waals surface area contributed by atoms with Crippen LogP contribution in [0.5, 0.6) is 0 Å². The Morgan fingerprint density at radius 2 is 2.33 bits per heavy atom. The predicted molar refractivity (Wildman–Crippen MR) is 44.8 cm³/mol. The Morgan fingerprint density at radius 1 is 1.58 bits per heavy atom. The van der Waals surface area contributed by atoms with Crippen molar-refractivity contribution in [1.29, 1.82) is 0 Å². The monoisotopic (exact) mass is 175 g/mol. The van der Waals surface area contributed by atoms with Gasteiger partial charge in [0.05, 0.1) is 18.8 Å². The molecule has 4 nitrogen and oxygen atoms in total. The van der Waals surface area contributed by atoms with Gasteiger partial charge in [-0.25, -0.2) is 0 Å². The van der Waals surface area contributed by atoms with Gasteiger partial charge in [0.1, 0.15) is 6.10 Å². The van der Waals surface area contributed by atoms with Gasteiger partial charge in [-0.1, -0.05) is 0 Å². The van der Waals surface area contributed by atoms with Crippen LogP contribution in [0.15, 0.2) is 0 Å². The van der Waals surface area contributed by atoms with Crippen molar-refractivity contribution in [2.24, 2.45) is 5.73 Å². The summed E-state index contributed by atoms with van der Waals surface area (Å²) in [6.45, 7) is 0.963. The zero-order valence-electron chi connectivity index (χ0n) is 7.40. The maximum Gasteiger partial charge on any atom is 0.107 e. The largest absolute Gasteiger partial charge is 0.390 e. The van der Waals surface area contributed by atoms with Crippen molar-refractivity contribution in [3.63, 3.8) is 0 Å². The van der Waals surface area contributed by atoms with Gasteiger partial charge in [-0.3, -0.25) is 0 Å². The molecular weight excluding hydrogens is 158 g/mol. The summed E-state index contributed by atoms with van der Waals surface area (Å²) >= 11 is 0. The minimum absolute atomic E-state index is 0.0912. The Labute approximate surface area is 72.6 Å². The van der Waals surface area contributed by atoms with Gasteiger partial charge >= 0.3 is 0 Å². The summed E-state index contributed by atoms with van der Waals surface area (Å²) in [6.07, 6.45) is 1.10. The molecule has 3 atom stereocenters. The average Bonchev–Trinajstić information content (AvgIpc) is 2.09. The van der Waals surface area contributed by atoms with E-state index in [-0.39, 0.29) is 12.2 Å². The third kappa shape index (κ3) is 2.42. The van der Waals surface area contributed by atoms with Crippen molar-refractivity contribution >= 4 is 0 Å². The van der Waals surface area contributed by atoms with E-state index in [1.165, 1.54) is 0 Å². The highest BCUT2D eigenvalue weighted by atomic mass is 16.5. The number of aliphatic hydroxyl groups excluding tert-OH is 1. The van der Waals surface area contributed by atoms with Gasteiger partial charge in [-0.2, -0.15) is 0 Å². The Morgan fingerprint density at radius 3 is 2.92 bits per heavy atom. The number of aliphatic hydroxyl groups is 1. The molecule has 12 heavy (non-hydrogen) atoms. The van der Waals surface area contributed by atoms with E-state index in [2.05, 4.69) is 0 Å². The van der Waals surface area contributed by atoms with Crippen LogP contribution in [-0.2, 0) is 9.47 Å². The van der Waals surface area contributed by atoms with Crippen LogP contribution >= 0.6 is 0 Å². The van der Waals surface area contributed by atoms with E-state index in [4.69, 9.17) is 15.2 Å². The summed E-state index contributed by atoms with van der Waals surface area (Å²) in [4.78, 5) is 0. The normalized spacial score (nSPS) is 36.8. The molecule has 1 aliphatic rings. The highest BCUT2D eigenvalue weighted by molar-refractivity contribution is 4.78. The SMILES string of the molecule is COC[C@H]1O[C@@H](CN)CC[C@@H]1O. The van der Waals surface area contributed by atoms with E-state index in [9.17, 15) is 5.11 Å². The standard InChI is InChI=1S/C8H17NO3/c1-11-5-8-7(10)3-2-6(4-9)12-8/h6-8,10H,2-5,9H2,1H3/t6-,7+,8-/m1/s1. The fourth-order valence-electron chi connectivity index (χ4n) is 1.44. The maximum atomic E-state index is 9.47. The van der Waals surface area contributed by atoms with Crippen LogP contribution in [0.4, 0.5) is 0 Å². The van der Waals surface area contributed by atoms with E-state index in [1.807, 2.05) is 0 Å². The lowest BCUT2D eigenvalue weighted by Gasteiger charge is -2.32. The summed E-state index contributed by atoms with van der Waals surface area (Å²) in [6, 6.07) is 0. The van der Waals surface area contributed by atoms with Crippen LogP contribution in [0.1, 0.15) is 12.8 Å². The maximum absolute atomic E-state index is 9.47.